The SMILES string of the molecule is CN(c1ccc(F)cc1)c1nnc(C23CCC(C(=O)O)(CC2)CC3)n1C. The molecule has 3 aliphatic carbocycles. The average molecular weight is 358 g/mol. The van der Waals surface area contributed by atoms with Crippen LogP contribution >= 0.6 is 0 Å². The summed E-state index contributed by atoms with van der Waals surface area (Å²) in [5.74, 6) is 0.702. The molecule has 1 heterocycles. The minimum Gasteiger partial charge on any atom is -0.481 e. The fourth-order valence-electron chi connectivity index (χ4n) is 4.70. The molecule has 2 bridgehead atoms. The molecule has 0 atom stereocenters. The second kappa shape index (κ2) is 5.79. The quantitative estimate of drug-likeness (QED) is 0.907. The Labute approximate surface area is 151 Å². The molecule has 26 heavy (non-hydrogen) atoms. The van der Waals surface area contributed by atoms with Gasteiger partial charge in [-0.15, -0.1) is 10.2 Å². The highest BCUT2D eigenvalue weighted by Crippen LogP contribution is 2.57. The third-order valence-corrected chi connectivity index (χ3v) is 6.54. The predicted octanol–water partition coefficient (Wildman–Crippen LogP) is 3.40. The maximum Gasteiger partial charge on any atom is 0.309 e. The van der Waals surface area contributed by atoms with Crippen molar-refractivity contribution in [2.45, 2.75) is 43.9 Å². The minimum absolute atomic E-state index is 0.0825. The lowest BCUT2D eigenvalue weighted by atomic mass is 9.53. The summed E-state index contributed by atoms with van der Waals surface area (Å²) in [7, 11) is 3.84. The van der Waals surface area contributed by atoms with Crippen LogP contribution in [-0.4, -0.2) is 32.9 Å². The largest absolute Gasteiger partial charge is 0.481 e. The Bertz CT molecular complexity index is 821. The van der Waals surface area contributed by atoms with Gasteiger partial charge in [0.2, 0.25) is 5.95 Å². The van der Waals surface area contributed by atoms with Gasteiger partial charge in [-0.05, 0) is 62.8 Å². The van der Waals surface area contributed by atoms with E-state index in [2.05, 4.69) is 10.2 Å². The summed E-state index contributed by atoms with van der Waals surface area (Å²) in [6.07, 6.45) is 4.64. The van der Waals surface area contributed by atoms with Crippen molar-refractivity contribution >= 4 is 17.6 Å². The maximum atomic E-state index is 13.2. The number of fused-ring (bicyclic) bond motifs is 3. The van der Waals surface area contributed by atoms with E-state index in [-0.39, 0.29) is 11.2 Å². The molecule has 0 saturated heterocycles. The van der Waals surface area contributed by atoms with Gasteiger partial charge < -0.3 is 10.0 Å². The van der Waals surface area contributed by atoms with E-state index in [0.29, 0.717) is 25.2 Å². The van der Waals surface area contributed by atoms with Crippen molar-refractivity contribution in [1.82, 2.24) is 14.8 Å². The van der Waals surface area contributed by atoms with Gasteiger partial charge in [0.15, 0.2) is 0 Å². The molecule has 5 rings (SSSR count). The van der Waals surface area contributed by atoms with Crippen molar-refractivity contribution in [3.05, 3.63) is 35.9 Å². The first-order valence-corrected chi connectivity index (χ1v) is 9.00. The van der Waals surface area contributed by atoms with E-state index >= 15 is 0 Å². The van der Waals surface area contributed by atoms with Crippen LogP contribution in [0.2, 0.25) is 0 Å². The van der Waals surface area contributed by atoms with Gasteiger partial charge in [0.25, 0.3) is 0 Å². The summed E-state index contributed by atoms with van der Waals surface area (Å²) in [5, 5.41) is 18.4. The molecule has 6 nitrogen and oxygen atoms in total. The Morgan fingerprint density at radius 2 is 1.69 bits per heavy atom. The third kappa shape index (κ3) is 2.40. The summed E-state index contributed by atoms with van der Waals surface area (Å²) in [6.45, 7) is 0. The zero-order chi connectivity index (χ0) is 18.5. The number of carboxylic acid groups (broad SMARTS) is 1. The standard InChI is InChI=1S/C19H23FN4O2/c1-23(14-5-3-13(20)4-6-14)17-22-21-15(24(17)2)18-7-10-19(11-8-18,12-9-18)16(25)26/h3-6H,7-12H2,1-2H3,(H,25,26). The topological polar surface area (TPSA) is 71.2 Å². The molecule has 1 N–H and O–H groups in total. The Hall–Kier alpha value is -2.44. The molecule has 3 aliphatic rings. The fraction of sp³-hybridized carbons (Fsp3) is 0.526. The van der Waals surface area contributed by atoms with Gasteiger partial charge in [0.1, 0.15) is 11.6 Å². The van der Waals surface area contributed by atoms with Crippen LogP contribution in [0.3, 0.4) is 0 Å². The smallest absolute Gasteiger partial charge is 0.309 e. The molecule has 138 valence electrons. The number of benzene rings is 1. The number of aliphatic carboxylic acids is 1. The lowest BCUT2D eigenvalue weighted by molar-refractivity contribution is -0.156. The summed E-state index contributed by atoms with van der Waals surface area (Å²) in [5.41, 5.74) is 0.220. The highest BCUT2D eigenvalue weighted by atomic mass is 19.1. The number of hydrogen-bond acceptors (Lipinski definition) is 4. The van der Waals surface area contributed by atoms with Gasteiger partial charge in [0.05, 0.1) is 5.41 Å². The van der Waals surface area contributed by atoms with Crippen molar-refractivity contribution in [2.24, 2.45) is 12.5 Å². The number of halogens is 1. The molecule has 2 aromatic rings. The highest BCUT2D eigenvalue weighted by Gasteiger charge is 2.55. The number of anilines is 2. The Morgan fingerprint density at radius 1 is 1.12 bits per heavy atom. The Morgan fingerprint density at radius 3 is 2.23 bits per heavy atom. The van der Waals surface area contributed by atoms with Crippen molar-refractivity contribution in [2.75, 3.05) is 11.9 Å². The second-order valence-corrected chi connectivity index (χ2v) is 7.78. The Kier molecular flexibility index (Phi) is 3.78. The van der Waals surface area contributed by atoms with E-state index in [4.69, 9.17) is 0 Å². The van der Waals surface area contributed by atoms with Gasteiger partial charge >= 0.3 is 5.97 Å². The van der Waals surface area contributed by atoms with Crippen LogP contribution < -0.4 is 4.90 Å². The van der Waals surface area contributed by atoms with Crippen LogP contribution in [0.5, 0.6) is 0 Å². The molecule has 0 amide bonds. The lowest BCUT2D eigenvalue weighted by Crippen LogP contribution is -2.48. The van der Waals surface area contributed by atoms with Crippen LogP contribution in [0.25, 0.3) is 0 Å². The summed E-state index contributed by atoms with van der Waals surface area (Å²) >= 11 is 0. The lowest BCUT2D eigenvalue weighted by Gasteiger charge is -2.50. The van der Waals surface area contributed by atoms with E-state index in [1.54, 1.807) is 12.1 Å². The highest BCUT2D eigenvalue weighted by molar-refractivity contribution is 5.75. The molecule has 0 spiro atoms. The van der Waals surface area contributed by atoms with Crippen molar-refractivity contribution < 1.29 is 14.3 Å². The van der Waals surface area contributed by atoms with Crippen molar-refractivity contribution in [3.63, 3.8) is 0 Å². The summed E-state index contributed by atoms with van der Waals surface area (Å²) in [6, 6.07) is 6.28. The van der Waals surface area contributed by atoms with E-state index in [1.165, 1.54) is 12.1 Å². The minimum atomic E-state index is -0.652. The molecular weight excluding hydrogens is 335 g/mol. The first-order chi connectivity index (χ1) is 12.4. The van der Waals surface area contributed by atoms with Gasteiger partial charge in [0, 0.05) is 25.2 Å². The van der Waals surface area contributed by atoms with Crippen LogP contribution in [0, 0.1) is 11.2 Å². The third-order valence-electron chi connectivity index (χ3n) is 6.54. The first-order valence-electron chi connectivity index (χ1n) is 9.00. The molecule has 0 unspecified atom stereocenters. The van der Waals surface area contributed by atoms with E-state index in [1.807, 2.05) is 23.6 Å². The van der Waals surface area contributed by atoms with Crippen LogP contribution in [0.1, 0.15) is 44.3 Å². The maximum absolute atomic E-state index is 13.2. The summed E-state index contributed by atoms with van der Waals surface area (Å²) in [4.78, 5) is 13.5. The number of carbonyl (C=O) groups is 1. The zero-order valence-electron chi connectivity index (χ0n) is 15.1. The fourth-order valence-corrected chi connectivity index (χ4v) is 4.70. The Balaban J connectivity index is 1.62. The van der Waals surface area contributed by atoms with Crippen molar-refractivity contribution in [1.29, 1.82) is 0 Å². The predicted molar refractivity (Wildman–Crippen MR) is 94.9 cm³/mol. The molecule has 7 heteroatoms. The number of hydrogen-bond donors (Lipinski definition) is 1. The first kappa shape index (κ1) is 17.0. The normalized spacial score (nSPS) is 27.5. The van der Waals surface area contributed by atoms with E-state index in [0.717, 1.165) is 30.8 Å². The molecule has 3 fully saturated rings. The van der Waals surface area contributed by atoms with E-state index in [9.17, 15) is 14.3 Å². The monoisotopic (exact) mass is 358 g/mol. The van der Waals surface area contributed by atoms with Crippen LogP contribution in [0.4, 0.5) is 16.0 Å². The molecule has 3 saturated carbocycles. The van der Waals surface area contributed by atoms with Crippen LogP contribution in [0.15, 0.2) is 24.3 Å². The number of carboxylic acids is 1. The van der Waals surface area contributed by atoms with Gasteiger partial charge in [-0.25, -0.2) is 4.39 Å². The second-order valence-electron chi connectivity index (χ2n) is 7.78. The van der Waals surface area contributed by atoms with E-state index < -0.39 is 11.4 Å². The average Bonchev–Trinajstić information content (AvgIpc) is 3.05. The van der Waals surface area contributed by atoms with Crippen LogP contribution in [-0.2, 0) is 17.3 Å². The van der Waals surface area contributed by atoms with Crippen molar-refractivity contribution in [3.8, 4) is 0 Å². The number of rotatable bonds is 4. The molecule has 0 aliphatic heterocycles. The molecular formula is C19H23FN4O2. The molecule has 0 radical (unpaired) electrons. The number of aromatic nitrogens is 3. The summed E-state index contributed by atoms with van der Waals surface area (Å²) < 4.78 is 15.2. The van der Waals surface area contributed by atoms with Gasteiger partial charge in [-0.1, -0.05) is 0 Å². The molecule has 1 aromatic heterocycles. The van der Waals surface area contributed by atoms with Gasteiger partial charge in [-0.2, -0.15) is 0 Å². The van der Waals surface area contributed by atoms with Gasteiger partial charge in [-0.3, -0.25) is 9.36 Å². The number of nitrogens with zero attached hydrogens (tertiary/aromatic N) is 4. The molecule has 1 aromatic carbocycles. The zero-order valence-corrected chi connectivity index (χ0v) is 15.1.